The van der Waals surface area contributed by atoms with Gasteiger partial charge in [-0.3, -0.25) is 0 Å². The van der Waals surface area contributed by atoms with Crippen LogP contribution >= 0.6 is 0 Å². The number of rotatable bonds is 0. The molecule has 1 aliphatic rings. The van der Waals surface area contributed by atoms with Gasteiger partial charge in [0.2, 0.25) is 5.35 Å². The summed E-state index contributed by atoms with van der Waals surface area (Å²) < 4.78 is 1.84. The normalized spacial score (nSPS) is 18.5. The summed E-state index contributed by atoms with van der Waals surface area (Å²) in [6.45, 7) is 3.89. The van der Waals surface area contributed by atoms with Crippen LogP contribution < -0.4 is 14.9 Å². The largest absolute Gasteiger partial charge is 0.356 e. The third-order valence-corrected chi connectivity index (χ3v) is 1.93. The van der Waals surface area contributed by atoms with Gasteiger partial charge in [0.05, 0.1) is 0 Å². The fourth-order valence-electron chi connectivity index (χ4n) is 1.27. The van der Waals surface area contributed by atoms with Gasteiger partial charge in [-0.05, 0) is 18.2 Å². The summed E-state index contributed by atoms with van der Waals surface area (Å²) in [7, 11) is 0. The number of nitrogens with zero attached hydrogens (tertiary/aromatic N) is 1. The number of nitrogens with one attached hydrogen (secondary N) is 1. The lowest BCUT2D eigenvalue weighted by molar-refractivity contribution is -0.514. The fourth-order valence-corrected chi connectivity index (χ4v) is 1.27. The highest BCUT2D eigenvalue weighted by molar-refractivity contribution is 5.56. The molecule has 2 heteroatoms. The number of aromatic nitrogens is 1. The first-order chi connectivity index (χ1) is 6.38. The van der Waals surface area contributed by atoms with E-state index in [0.717, 1.165) is 11.0 Å². The summed E-state index contributed by atoms with van der Waals surface area (Å²) >= 11 is 0. The summed E-state index contributed by atoms with van der Waals surface area (Å²) in [4.78, 5) is 0. The van der Waals surface area contributed by atoms with Crippen LogP contribution in [-0.2, 0) is 0 Å². The van der Waals surface area contributed by atoms with E-state index < -0.39 is 0 Å². The van der Waals surface area contributed by atoms with E-state index >= 15 is 0 Å². The van der Waals surface area contributed by atoms with Crippen molar-refractivity contribution in [3.63, 3.8) is 0 Å². The van der Waals surface area contributed by atoms with Crippen molar-refractivity contribution in [2.75, 3.05) is 0 Å². The first kappa shape index (κ1) is 7.80. The first-order valence-electron chi connectivity index (χ1n) is 4.16. The molecule has 1 N–H and O–H groups in total. The molecule has 0 aromatic carbocycles. The standard InChI is InChI=1S/C11H11N2/c1-13-9-5-3-7-11(13)10-6-2-4-8-12-10/h2-9,12H,1H2/q+1/b11-10+. The Hall–Kier alpha value is -1.83. The van der Waals surface area contributed by atoms with E-state index in [1.807, 2.05) is 53.1 Å². The average molecular weight is 171 g/mol. The third-order valence-electron chi connectivity index (χ3n) is 1.93. The molecule has 2 heterocycles. The quantitative estimate of drug-likeness (QED) is 0.559. The lowest BCUT2D eigenvalue weighted by Crippen LogP contribution is -2.38. The number of allylic oxidation sites excluding steroid dienone is 2. The Labute approximate surface area is 76.9 Å². The summed E-state index contributed by atoms with van der Waals surface area (Å²) in [5, 5.41) is 4.24. The topological polar surface area (TPSA) is 17.9 Å². The van der Waals surface area contributed by atoms with Crippen molar-refractivity contribution < 1.29 is 4.24 Å². The van der Waals surface area contributed by atoms with Gasteiger partial charge in [-0.25, -0.2) is 0 Å². The second kappa shape index (κ2) is 3.27. The van der Waals surface area contributed by atoms with E-state index in [1.165, 1.54) is 0 Å². The second-order valence-electron chi connectivity index (χ2n) is 2.83. The van der Waals surface area contributed by atoms with Crippen LogP contribution in [0, 0.1) is 6.72 Å². The maximum atomic E-state index is 3.89. The molecule has 13 heavy (non-hydrogen) atoms. The van der Waals surface area contributed by atoms with Gasteiger partial charge < -0.3 is 5.32 Å². The van der Waals surface area contributed by atoms with Gasteiger partial charge in [0.15, 0.2) is 6.20 Å². The lowest BCUT2D eigenvalue weighted by atomic mass is 10.3. The Kier molecular flexibility index (Phi) is 1.96. The predicted octanol–water partition coefficient (Wildman–Crippen LogP) is 0.395. The zero-order valence-corrected chi connectivity index (χ0v) is 7.27. The van der Waals surface area contributed by atoms with Crippen LogP contribution in [0.4, 0.5) is 0 Å². The van der Waals surface area contributed by atoms with Crippen LogP contribution in [0.2, 0.25) is 0 Å². The zero-order valence-electron chi connectivity index (χ0n) is 7.27. The van der Waals surface area contributed by atoms with Gasteiger partial charge in [0, 0.05) is 18.3 Å². The van der Waals surface area contributed by atoms with E-state index in [0.29, 0.717) is 0 Å². The third kappa shape index (κ3) is 1.51. The lowest BCUT2D eigenvalue weighted by Gasteiger charge is -2.01. The molecule has 0 aliphatic carbocycles. The van der Waals surface area contributed by atoms with Crippen molar-refractivity contribution in [3.8, 4) is 0 Å². The molecule has 64 valence electrons. The molecule has 0 saturated carbocycles. The highest BCUT2D eigenvalue weighted by Gasteiger charge is 1.99. The van der Waals surface area contributed by atoms with E-state index in [1.54, 1.807) is 0 Å². The van der Waals surface area contributed by atoms with Crippen LogP contribution in [0.5, 0.6) is 0 Å². The highest BCUT2D eigenvalue weighted by atomic mass is 14.9. The summed E-state index contributed by atoms with van der Waals surface area (Å²) in [5.74, 6) is 0. The first-order valence-corrected chi connectivity index (χ1v) is 4.16. The maximum absolute atomic E-state index is 3.89. The summed E-state index contributed by atoms with van der Waals surface area (Å²) in [6, 6.07) is 5.98. The van der Waals surface area contributed by atoms with Gasteiger partial charge in [0.1, 0.15) is 12.4 Å². The smallest absolute Gasteiger partial charge is 0.233 e. The van der Waals surface area contributed by atoms with Crippen molar-refractivity contribution in [2.45, 2.75) is 0 Å². The Morgan fingerprint density at radius 2 is 2.15 bits per heavy atom. The zero-order chi connectivity index (χ0) is 9.10. The molecule has 0 radical (unpaired) electrons. The maximum Gasteiger partial charge on any atom is 0.233 e. The second-order valence-corrected chi connectivity index (χ2v) is 2.83. The van der Waals surface area contributed by atoms with Gasteiger partial charge in [-0.2, -0.15) is 4.24 Å². The number of dihydropyridines is 1. The van der Waals surface area contributed by atoms with Gasteiger partial charge in [0.25, 0.3) is 0 Å². The minimum Gasteiger partial charge on any atom is -0.356 e. The van der Waals surface area contributed by atoms with E-state index in [4.69, 9.17) is 0 Å². The van der Waals surface area contributed by atoms with Crippen molar-refractivity contribution >= 4 is 5.70 Å². The van der Waals surface area contributed by atoms with Crippen LogP contribution in [0.1, 0.15) is 0 Å². The van der Waals surface area contributed by atoms with Crippen molar-refractivity contribution in [1.82, 2.24) is 5.32 Å². The Balaban J connectivity index is 2.68. The minimum atomic E-state index is 1.07. The molecule has 1 aliphatic heterocycles. The number of hydrogen-bond acceptors (Lipinski definition) is 1. The molecular weight excluding hydrogens is 160 g/mol. The van der Waals surface area contributed by atoms with Gasteiger partial charge in [-0.1, -0.05) is 6.08 Å². The molecule has 1 aromatic rings. The number of hydrogen-bond donors (Lipinski definition) is 1. The van der Waals surface area contributed by atoms with Crippen LogP contribution in [0.25, 0.3) is 5.70 Å². The Bertz CT molecular complexity index is 469. The summed E-state index contributed by atoms with van der Waals surface area (Å²) in [5.41, 5.74) is 1.07. The molecule has 0 saturated heterocycles. The van der Waals surface area contributed by atoms with Crippen LogP contribution in [0.15, 0.2) is 48.8 Å². The summed E-state index contributed by atoms with van der Waals surface area (Å²) in [6.07, 6.45) is 9.81. The van der Waals surface area contributed by atoms with Crippen molar-refractivity contribution in [3.05, 3.63) is 60.9 Å². The highest BCUT2D eigenvalue weighted by Crippen LogP contribution is 1.95. The average Bonchev–Trinajstić information content (AvgIpc) is 2.20. The minimum absolute atomic E-state index is 1.07. The molecule has 0 fully saturated rings. The molecular formula is C11H11N2+. The molecule has 0 amide bonds. The van der Waals surface area contributed by atoms with E-state index in [-0.39, 0.29) is 0 Å². The Morgan fingerprint density at radius 3 is 2.85 bits per heavy atom. The number of pyridine rings is 1. The molecule has 2 nitrogen and oxygen atoms in total. The van der Waals surface area contributed by atoms with E-state index in [2.05, 4.69) is 12.0 Å². The van der Waals surface area contributed by atoms with Crippen molar-refractivity contribution in [2.24, 2.45) is 0 Å². The molecule has 0 unspecified atom stereocenters. The Morgan fingerprint density at radius 1 is 1.23 bits per heavy atom. The molecule has 0 bridgehead atoms. The monoisotopic (exact) mass is 171 g/mol. The van der Waals surface area contributed by atoms with Crippen LogP contribution in [0.3, 0.4) is 0 Å². The van der Waals surface area contributed by atoms with Crippen LogP contribution in [-0.4, -0.2) is 0 Å². The predicted molar refractivity (Wildman–Crippen MR) is 51.8 cm³/mol. The SMILES string of the molecule is C=[n+]1cccc/c1=C1/C=CC=CN1. The molecule has 0 atom stereocenters. The van der Waals surface area contributed by atoms with E-state index in [9.17, 15) is 0 Å². The van der Waals surface area contributed by atoms with Gasteiger partial charge in [-0.15, -0.1) is 0 Å². The molecule has 0 spiro atoms. The van der Waals surface area contributed by atoms with Crippen molar-refractivity contribution in [1.29, 1.82) is 0 Å². The van der Waals surface area contributed by atoms with Gasteiger partial charge >= 0.3 is 0 Å². The molecule has 1 aromatic heterocycles. The molecule has 2 rings (SSSR count). The fraction of sp³-hybridized carbons (Fsp3) is 0.